The van der Waals surface area contributed by atoms with Gasteiger partial charge in [0, 0.05) is 27.9 Å². The van der Waals surface area contributed by atoms with Crippen molar-refractivity contribution < 1.29 is 9.72 Å². The van der Waals surface area contributed by atoms with E-state index < -0.39 is 10.8 Å². The summed E-state index contributed by atoms with van der Waals surface area (Å²) in [6.07, 6.45) is 0. The summed E-state index contributed by atoms with van der Waals surface area (Å²) in [5, 5.41) is 16.8. The van der Waals surface area contributed by atoms with E-state index in [1.165, 1.54) is 25.1 Å². The van der Waals surface area contributed by atoms with Crippen molar-refractivity contribution in [1.82, 2.24) is 5.32 Å². The molecule has 118 valence electrons. The molecule has 0 bridgehead atoms. The molecule has 2 aromatic rings. The number of nitro benzene ring substituents is 1. The summed E-state index contributed by atoms with van der Waals surface area (Å²) >= 11 is 10.9. The van der Waals surface area contributed by atoms with Crippen LogP contribution < -0.4 is 10.6 Å². The zero-order valence-corrected chi connectivity index (χ0v) is 13.6. The van der Waals surface area contributed by atoms with Crippen LogP contribution in [0.25, 0.3) is 0 Å². The lowest BCUT2D eigenvalue weighted by Crippen LogP contribution is -2.34. The van der Waals surface area contributed by atoms with E-state index in [9.17, 15) is 14.9 Å². The maximum atomic E-state index is 12.2. The van der Waals surface area contributed by atoms with Gasteiger partial charge in [0.2, 0.25) is 0 Å². The number of rotatable bonds is 3. The van der Waals surface area contributed by atoms with Crippen molar-refractivity contribution in [3.05, 3.63) is 68.7 Å². The van der Waals surface area contributed by atoms with Gasteiger partial charge in [0.05, 0.1) is 4.92 Å². The summed E-state index contributed by atoms with van der Waals surface area (Å²) < 4.78 is 0. The van der Waals surface area contributed by atoms with Crippen LogP contribution in [0.3, 0.4) is 0 Å². The zero-order chi connectivity index (χ0) is 17.0. The van der Waals surface area contributed by atoms with Crippen molar-refractivity contribution in [2.45, 2.75) is 6.92 Å². The number of carbonyl (C=O) groups is 1. The minimum atomic E-state index is -0.533. The van der Waals surface area contributed by atoms with E-state index in [1.807, 2.05) is 0 Å². The van der Waals surface area contributed by atoms with Gasteiger partial charge in [0.15, 0.2) is 5.11 Å². The molecule has 0 aliphatic rings. The quantitative estimate of drug-likeness (QED) is 0.501. The average Bonchev–Trinajstić information content (AvgIpc) is 2.46. The summed E-state index contributed by atoms with van der Waals surface area (Å²) in [4.78, 5) is 22.6. The number of halogens is 1. The highest BCUT2D eigenvalue weighted by Gasteiger charge is 2.18. The Morgan fingerprint density at radius 1 is 1.26 bits per heavy atom. The van der Waals surface area contributed by atoms with Crippen molar-refractivity contribution in [2.24, 2.45) is 0 Å². The molecule has 2 N–H and O–H groups in total. The van der Waals surface area contributed by atoms with E-state index >= 15 is 0 Å². The fourth-order valence-corrected chi connectivity index (χ4v) is 2.37. The van der Waals surface area contributed by atoms with Crippen molar-refractivity contribution in [3.8, 4) is 0 Å². The summed E-state index contributed by atoms with van der Waals surface area (Å²) in [5.41, 5.74) is 0.972. The Labute approximate surface area is 142 Å². The van der Waals surface area contributed by atoms with E-state index in [-0.39, 0.29) is 21.9 Å². The lowest BCUT2D eigenvalue weighted by Gasteiger charge is -2.11. The molecule has 0 atom stereocenters. The van der Waals surface area contributed by atoms with Gasteiger partial charge in [-0.25, -0.2) is 0 Å². The number of carbonyl (C=O) groups excluding carboxylic acids is 1. The molecule has 0 fully saturated rings. The van der Waals surface area contributed by atoms with Gasteiger partial charge in [-0.2, -0.15) is 0 Å². The summed E-state index contributed by atoms with van der Waals surface area (Å²) in [5.74, 6) is -0.522. The Morgan fingerprint density at radius 3 is 2.61 bits per heavy atom. The first kappa shape index (κ1) is 16.9. The minimum Gasteiger partial charge on any atom is -0.332 e. The third kappa shape index (κ3) is 4.24. The third-order valence-corrected chi connectivity index (χ3v) is 3.50. The van der Waals surface area contributed by atoms with E-state index in [0.29, 0.717) is 10.7 Å². The van der Waals surface area contributed by atoms with Crippen LogP contribution >= 0.6 is 23.8 Å². The Bertz CT molecular complexity index is 795. The maximum absolute atomic E-state index is 12.2. The van der Waals surface area contributed by atoms with Gasteiger partial charge in [0.1, 0.15) is 0 Å². The summed E-state index contributed by atoms with van der Waals surface area (Å²) in [7, 11) is 0. The van der Waals surface area contributed by atoms with Crippen LogP contribution in [0.15, 0.2) is 42.5 Å². The van der Waals surface area contributed by atoms with Gasteiger partial charge in [-0.3, -0.25) is 20.2 Å². The highest BCUT2D eigenvalue weighted by atomic mass is 35.5. The molecule has 0 aromatic heterocycles. The molecule has 0 spiro atoms. The molecule has 0 saturated heterocycles. The molecule has 0 aliphatic carbocycles. The van der Waals surface area contributed by atoms with Gasteiger partial charge >= 0.3 is 0 Å². The first-order valence-corrected chi connectivity index (χ1v) is 7.29. The van der Waals surface area contributed by atoms with E-state index in [1.54, 1.807) is 24.3 Å². The second-order valence-corrected chi connectivity index (χ2v) is 5.47. The first-order valence-electron chi connectivity index (χ1n) is 6.50. The normalized spacial score (nSPS) is 10.0. The molecule has 8 heteroatoms. The number of hydrogen-bond donors (Lipinski definition) is 2. The summed E-state index contributed by atoms with van der Waals surface area (Å²) in [6.45, 7) is 1.51. The fourth-order valence-electron chi connectivity index (χ4n) is 1.97. The van der Waals surface area contributed by atoms with Crippen LogP contribution in [0.1, 0.15) is 15.9 Å². The molecule has 0 unspecified atom stereocenters. The molecule has 23 heavy (non-hydrogen) atoms. The van der Waals surface area contributed by atoms with Crippen LogP contribution in [0.4, 0.5) is 11.4 Å². The average molecular weight is 350 g/mol. The lowest BCUT2D eigenvalue weighted by atomic mass is 10.1. The van der Waals surface area contributed by atoms with E-state index in [2.05, 4.69) is 10.6 Å². The Balaban J connectivity index is 2.11. The van der Waals surface area contributed by atoms with Crippen LogP contribution in [-0.4, -0.2) is 15.9 Å². The Hall–Kier alpha value is -2.51. The van der Waals surface area contributed by atoms with Crippen molar-refractivity contribution >= 4 is 46.2 Å². The highest BCUT2D eigenvalue weighted by molar-refractivity contribution is 7.80. The molecule has 2 rings (SSSR count). The monoisotopic (exact) mass is 349 g/mol. The number of nitro groups is 1. The Kier molecular flexibility index (Phi) is 5.25. The largest absolute Gasteiger partial charge is 0.332 e. The zero-order valence-electron chi connectivity index (χ0n) is 12.0. The minimum absolute atomic E-state index is 0.0724. The topological polar surface area (TPSA) is 84.3 Å². The van der Waals surface area contributed by atoms with Gasteiger partial charge in [-0.1, -0.05) is 23.7 Å². The smallest absolute Gasteiger partial charge is 0.273 e. The summed E-state index contributed by atoms with van der Waals surface area (Å²) in [6, 6.07) is 11.1. The van der Waals surface area contributed by atoms with Gasteiger partial charge in [-0.15, -0.1) is 0 Å². The fraction of sp³-hybridized carbons (Fsp3) is 0.0667. The molecular weight excluding hydrogens is 338 g/mol. The number of nitrogens with zero attached hydrogens (tertiary/aromatic N) is 1. The molecule has 1 amide bonds. The second kappa shape index (κ2) is 7.17. The van der Waals surface area contributed by atoms with Crippen molar-refractivity contribution in [1.29, 1.82) is 0 Å². The number of hydrogen-bond acceptors (Lipinski definition) is 4. The number of benzene rings is 2. The van der Waals surface area contributed by atoms with Crippen molar-refractivity contribution in [3.63, 3.8) is 0 Å². The number of nitrogens with one attached hydrogen (secondary N) is 2. The molecule has 0 saturated carbocycles. The SMILES string of the molecule is Cc1c(C(=O)NC(=S)Nc2cccc(Cl)c2)cccc1[N+](=O)[O-]. The lowest BCUT2D eigenvalue weighted by molar-refractivity contribution is -0.385. The number of anilines is 1. The van der Waals surface area contributed by atoms with Gasteiger partial charge < -0.3 is 5.32 Å². The molecule has 0 radical (unpaired) electrons. The highest BCUT2D eigenvalue weighted by Crippen LogP contribution is 2.21. The van der Waals surface area contributed by atoms with Gasteiger partial charge in [0.25, 0.3) is 11.6 Å². The van der Waals surface area contributed by atoms with E-state index in [0.717, 1.165) is 0 Å². The molecule has 0 aliphatic heterocycles. The predicted octanol–water partition coefficient (Wildman–Crippen LogP) is 3.68. The number of amides is 1. The van der Waals surface area contributed by atoms with Crippen LogP contribution in [0, 0.1) is 17.0 Å². The molecule has 0 heterocycles. The molecular formula is C15H12ClN3O3S. The first-order chi connectivity index (χ1) is 10.9. The third-order valence-electron chi connectivity index (χ3n) is 3.06. The standard InChI is InChI=1S/C15H12ClN3O3S/c1-9-12(6-3-7-13(9)19(21)22)14(20)18-15(23)17-11-5-2-4-10(16)8-11/h2-8H,1H3,(H2,17,18,20,23). The maximum Gasteiger partial charge on any atom is 0.273 e. The van der Waals surface area contributed by atoms with Crippen LogP contribution in [0.5, 0.6) is 0 Å². The van der Waals surface area contributed by atoms with Gasteiger partial charge in [-0.05, 0) is 43.4 Å². The predicted molar refractivity (Wildman–Crippen MR) is 93.0 cm³/mol. The molecule has 6 nitrogen and oxygen atoms in total. The van der Waals surface area contributed by atoms with Crippen LogP contribution in [-0.2, 0) is 0 Å². The molecule has 2 aromatic carbocycles. The number of thiocarbonyl (C=S) groups is 1. The van der Waals surface area contributed by atoms with E-state index in [4.69, 9.17) is 23.8 Å². The van der Waals surface area contributed by atoms with Crippen LogP contribution in [0.2, 0.25) is 5.02 Å². The second-order valence-electron chi connectivity index (χ2n) is 4.63. The Morgan fingerprint density at radius 2 is 1.96 bits per heavy atom. The van der Waals surface area contributed by atoms with Crippen molar-refractivity contribution in [2.75, 3.05) is 5.32 Å².